The van der Waals surface area contributed by atoms with Crippen LogP contribution in [0.1, 0.15) is 24.3 Å². The first-order valence-electron chi connectivity index (χ1n) is 6.59. The Morgan fingerprint density at radius 3 is 2.55 bits per heavy atom. The summed E-state index contributed by atoms with van der Waals surface area (Å²) in [5, 5.41) is 4.30. The van der Waals surface area contributed by atoms with E-state index in [9.17, 15) is 0 Å². The van der Waals surface area contributed by atoms with Gasteiger partial charge in [0.2, 0.25) is 0 Å². The molecule has 0 spiro atoms. The van der Waals surface area contributed by atoms with Crippen LogP contribution in [0.5, 0.6) is 0 Å². The van der Waals surface area contributed by atoms with Crippen molar-refractivity contribution in [2.45, 2.75) is 24.8 Å². The Hall–Kier alpha value is -0.510. The van der Waals surface area contributed by atoms with E-state index in [1.165, 1.54) is 10.0 Å². The fourth-order valence-electron chi connectivity index (χ4n) is 2.62. The second-order valence-corrected chi connectivity index (χ2v) is 7.33. The summed E-state index contributed by atoms with van der Waals surface area (Å²) in [4.78, 5) is 0. The normalized spacial score (nSPS) is 21.4. The van der Waals surface area contributed by atoms with Crippen LogP contribution in [0.3, 0.4) is 0 Å². The van der Waals surface area contributed by atoms with Crippen molar-refractivity contribution in [3.05, 3.63) is 62.0 Å². The molecule has 0 radical (unpaired) electrons. The predicted octanol–water partition coefficient (Wildman–Crippen LogP) is 6.22. The molecule has 0 heterocycles. The number of hydrogen-bond donors (Lipinski definition) is 1. The van der Waals surface area contributed by atoms with Gasteiger partial charge in [-0.05, 0) is 48.6 Å². The Bertz CT molecular complexity index is 624. The molecule has 0 amide bonds. The summed E-state index contributed by atoms with van der Waals surface area (Å²) in [5.74, 6) is 0.633. The molecule has 0 unspecified atom stereocenters. The summed E-state index contributed by atoms with van der Waals surface area (Å²) in [7, 11) is 0. The van der Waals surface area contributed by atoms with Gasteiger partial charge in [0.15, 0.2) is 0 Å². The Morgan fingerprint density at radius 2 is 1.80 bits per heavy atom. The zero-order valence-electron chi connectivity index (χ0n) is 10.7. The Kier molecular flexibility index (Phi) is 4.39. The fourth-order valence-corrected chi connectivity index (χ4v) is 3.77. The van der Waals surface area contributed by atoms with E-state index in [4.69, 9.17) is 11.6 Å². The third-order valence-electron chi connectivity index (χ3n) is 3.77. The van der Waals surface area contributed by atoms with Gasteiger partial charge in [-0.15, -0.1) is 0 Å². The molecule has 2 aromatic carbocycles. The van der Waals surface area contributed by atoms with Crippen LogP contribution in [-0.2, 0) is 0 Å². The lowest BCUT2D eigenvalue weighted by Gasteiger charge is -2.37. The van der Waals surface area contributed by atoms with Crippen molar-refractivity contribution in [2.24, 2.45) is 0 Å². The highest BCUT2D eigenvalue weighted by atomic mass is 79.9. The summed E-state index contributed by atoms with van der Waals surface area (Å²) in [6.45, 7) is 0. The van der Waals surface area contributed by atoms with E-state index in [-0.39, 0.29) is 0 Å². The number of benzene rings is 2. The van der Waals surface area contributed by atoms with Crippen LogP contribution in [-0.4, -0.2) is 6.04 Å². The van der Waals surface area contributed by atoms with Gasteiger partial charge >= 0.3 is 0 Å². The van der Waals surface area contributed by atoms with Crippen molar-refractivity contribution in [2.75, 3.05) is 5.32 Å². The van der Waals surface area contributed by atoms with Crippen molar-refractivity contribution < 1.29 is 0 Å². The largest absolute Gasteiger partial charge is 0.381 e. The molecule has 1 nitrogen and oxygen atoms in total. The zero-order chi connectivity index (χ0) is 14.1. The minimum Gasteiger partial charge on any atom is -0.381 e. The SMILES string of the molecule is Clc1ccc(Br)cc1NC1CC(c2ccccc2Br)C1. The molecule has 1 fully saturated rings. The molecular weight excluding hydrogens is 401 g/mol. The van der Waals surface area contributed by atoms with E-state index in [1.54, 1.807) is 0 Å². The molecule has 2 aromatic rings. The molecule has 1 aliphatic rings. The average molecular weight is 416 g/mol. The number of nitrogens with one attached hydrogen (secondary N) is 1. The summed E-state index contributed by atoms with van der Waals surface area (Å²) in [6.07, 6.45) is 2.29. The third kappa shape index (κ3) is 3.05. The highest BCUT2D eigenvalue weighted by Gasteiger charge is 2.31. The first kappa shape index (κ1) is 14.4. The fraction of sp³-hybridized carbons (Fsp3) is 0.250. The second-order valence-electron chi connectivity index (χ2n) is 5.16. The second kappa shape index (κ2) is 6.08. The first-order chi connectivity index (χ1) is 9.63. The molecule has 0 aliphatic heterocycles. The van der Waals surface area contributed by atoms with Crippen LogP contribution in [0, 0.1) is 0 Å². The van der Waals surface area contributed by atoms with Crippen molar-refractivity contribution in [3.8, 4) is 0 Å². The number of rotatable bonds is 3. The lowest BCUT2D eigenvalue weighted by Crippen LogP contribution is -2.34. The summed E-state index contributed by atoms with van der Waals surface area (Å²) >= 11 is 13.3. The van der Waals surface area contributed by atoms with Gasteiger partial charge in [0.1, 0.15) is 0 Å². The third-order valence-corrected chi connectivity index (χ3v) is 5.32. The van der Waals surface area contributed by atoms with Crippen molar-refractivity contribution in [3.63, 3.8) is 0 Å². The van der Waals surface area contributed by atoms with E-state index < -0.39 is 0 Å². The van der Waals surface area contributed by atoms with E-state index in [1.807, 2.05) is 18.2 Å². The van der Waals surface area contributed by atoms with Gasteiger partial charge in [0, 0.05) is 15.0 Å². The number of halogens is 3. The van der Waals surface area contributed by atoms with Gasteiger partial charge in [-0.1, -0.05) is 61.7 Å². The van der Waals surface area contributed by atoms with E-state index >= 15 is 0 Å². The van der Waals surface area contributed by atoms with Gasteiger partial charge in [-0.3, -0.25) is 0 Å². The molecule has 0 saturated heterocycles. The quantitative estimate of drug-likeness (QED) is 0.627. The number of hydrogen-bond acceptors (Lipinski definition) is 1. The standard InChI is InChI=1S/C16H14Br2ClN/c17-11-5-6-15(19)16(9-11)20-12-7-10(8-12)13-3-1-2-4-14(13)18/h1-6,9-10,12,20H,7-8H2. The summed E-state index contributed by atoms with van der Waals surface area (Å²) in [6, 6.07) is 14.9. The summed E-state index contributed by atoms with van der Waals surface area (Å²) in [5.41, 5.74) is 2.42. The average Bonchev–Trinajstić information content (AvgIpc) is 2.38. The molecule has 0 atom stereocenters. The molecule has 20 heavy (non-hydrogen) atoms. The van der Waals surface area contributed by atoms with Crippen LogP contribution in [0.15, 0.2) is 51.4 Å². The molecule has 1 N–H and O–H groups in total. The molecule has 104 valence electrons. The van der Waals surface area contributed by atoms with Crippen LogP contribution < -0.4 is 5.32 Å². The minimum absolute atomic E-state index is 0.499. The molecule has 3 rings (SSSR count). The van der Waals surface area contributed by atoms with Crippen LogP contribution in [0.4, 0.5) is 5.69 Å². The molecule has 4 heteroatoms. The highest BCUT2D eigenvalue weighted by Crippen LogP contribution is 2.42. The molecule has 0 aromatic heterocycles. The lowest BCUT2D eigenvalue weighted by molar-refractivity contribution is 0.373. The topological polar surface area (TPSA) is 12.0 Å². The molecule has 1 saturated carbocycles. The Morgan fingerprint density at radius 1 is 1.05 bits per heavy atom. The van der Waals surface area contributed by atoms with Gasteiger partial charge in [0.25, 0.3) is 0 Å². The van der Waals surface area contributed by atoms with E-state index in [2.05, 4.69) is 61.4 Å². The highest BCUT2D eigenvalue weighted by molar-refractivity contribution is 9.10. The monoisotopic (exact) mass is 413 g/mol. The molecule has 0 bridgehead atoms. The maximum atomic E-state index is 6.21. The summed E-state index contributed by atoms with van der Waals surface area (Å²) < 4.78 is 2.26. The van der Waals surface area contributed by atoms with Crippen molar-refractivity contribution in [1.29, 1.82) is 0 Å². The Balaban J connectivity index is 1.64. The predicted molar refractivity (Wildman–Crippen MR) is 92.7 cm³/mol. The smallest absolute Gasteiger partial charge is 0.0638 e. The van der Waals surface area contributed by atoms with Crippen LogP contribution in [0.2, 0.25) is 5.02 Å². The molecule has 1 aliphatic carbocycles. The number of anilines is 1. The van der Waals surface area contributed by atoms with Crippen molar-refractivity contribution in [1.82, 2.24) is 0 Å². The maximum absolute atomic E-state index is 6.21. The maximum Gasteiger partial charge on any atom is 0.0638 e. The first-order valence-corrected chi connectivity index (χ1v) is 8.56. The van der Waals surface area contributed by atoms with Crippen LogP contribution >= 0.6 is 43.5 Å². The Labute approximate surface area is 141 Å². The van der Waals surface area contributed by atoms with Gasteiger partial charge in [-0.25, -0.2) is 0 Å². The van der Waals surface area contributed by atoms with Gasteiger partial charge in [0.05, 0.1) is 10.7 Å². The van der Waals surface area contributed by atoms with Gasteiger partial charge < -0.3 is 5.32 Å². The van der Waals surface area contributed by atoms with E-state index in [0.29, 0.717) is 12.0 Å². The molecular formula is C16H14Br2ClN. The van der Waals surface area contributed by atoms with Crippen molar-refractivity contribution >= 4 is 49.1 Å². The lowest BCUT2D eigenvalue weighted by atomic mass is 9.76. The van der Waals surface area contributed by atoms with Crippen LogP contribution in [0.25, 0.3) is 0 Å². The van der Waals surface area contributed by atoms with Gasteiger partial charge in [-0.2, -0.15) is 0 Å². The zero-order valence-corrected chi connectivity index (χ0v) is 14.7. The van der Waals surface area contributed by atoms with E-state index in [0.717, 1.165) is 28.0 Å². The minimum atomic E-state index is 0.499.